The fourth-order valence-electron chi connectivity index (χ4n) is 3.27. The van der Waals surface area contributed by atoms with Gasteiger partial charge in [-0.05, 0) is 50.6 Å². The molecule has 2 aromatic carbocycles. The molecule has 1 heterocycles. The van der Waals surface area contributed by atoms with E-state index in [-0.39, 0.29) is 16.8 Å². The first kappa shape index (κ1) is 22.1. The number of rotatable bonds is 7. The van der Waals surface area contributed by atoms with Crippen molar-refractivity contribution >= 4 is 27.3 Å². The van der Waals surface area contributed by atoms with Crippen molar-refractivity contribution in [2.24, 2.45) is 0 Å². The summed E-state index contributed by atoms with van der Waals surface area (Å²) in [5.74, 6) is -0.216. The molecule has 1 aliphatic rings. The largest absolute Gasteiger partial charge is 0.367 e. The van der Waals surface area contributed by atoms with Crippen LogP contribution in [-0.2, 0) is 10.0 Å². The molecule has 1 aliphatic heterocycles. The van der Waals surface area contributed by atoms with Crippen molar-refractivity contribution in [1.29, 1.82) is 0 Å². The highest BCUT2D eigenvalue weighted by Crippen LogP contribution is 2.30. The van der Waals surface area contributed by atoms with E-state index >= 15 is 0 Å². The van der Waals surface area contributed by atoms with Crippen LogP contribution < -0.4 is 20.3 Å². The van der Waals surface area contributed by atoms with Crippen LogP contribution in [0.3, 0.4) is 0 Å². The Balaban J connectivity index is 1.96. The molecule has 162 valence electrons. The lowest BCUT2D eigenvalue weighted by Gasteiger charge is -2.31. The lowest BCUT2D eigenvalue weighted by atomic mass is 10.1. The van der Waals surface area contributed by atoms with Gasteiger partial charge in [0.15, 0.2) is 0 Å². The number of benzene rings is 2. The van der Waals surface area contributed by atoms with Crippen LogP contribution in [0.15, 0.2) is 47.4 Å². The van der Waals surface area contributed by atoms with E-state index < -0.39 is 10.0 Å². The molecule has 3 rings (SSSR count). The van der Waals surface area contributed by atoms with E-state index in [1.807, 2.05) is 26.8 Å². The van der Waals surface area contributed by atoms with Crippen molar-refractivity contribution in [3.8, 4) is 0 Å². The second-order valence-corrected chi connectivity index (χ2v) is 9.35. The summed E-state index contributed by atoms with van der Waals surface area (Å²) >= 11 is 0. The van der Waals surface area contributed by atoms with E-state index in [4.69, 9.17) is 0 Å². The number of nitrogens with one attached hydrogen (secondary N) is 3. The van der Waals surface area contributed by atoms with Gasteiger partial charge < -0.3 is 15.5 Å². The summed E-state index contributed by atoms with van der Waals surface area (Å²) in [5.41, 5.74) is 2.59. The first-order valence-corrected chi connectivity index (χ1v) is 11.8. The van der Waals surface area contributed by atoms with Gasteiger partial charge in [0.25, 0.3) is 15.9 Å². The molecule has 7 nitrogen and oxygen atoms in total. The van der Waals surface area contributed by atoms with Crippen molar-refractivity contribution in [2.45, 2.75) is 38.1 Å². The van der Waals surface area contributed by atoms with Gasteiger partial charge in [-0.15, -0.1) is 0 Å². The van der Waals surface area contributed by atoms with Crippen molar-refractivity contribution in [1.82, 2.24) is 10.6 Å². The molecule has 8 heteroatoms. The van der Waals surface area contributed by atoms with Gasteiger partial charge in [-0.2, -0.15) is 0 Å². The maximum atomic E-state index is 13.0. The normalized spacial score (nSPS) is 15.5. The molecule has 0 saturated carbocycles. The average Bonchev–Trinajstić information content (AvgIpc) is 2.74. The number of piperazine rings is 1. The highest BCUT2D eigenvalue weighted by molar-refractivity contribution is 7.92. The Morgan fingerprint density at radius 2 is 1.80 bits per heavy atom. The summed E-state index contributed by atoms with van der Waals surface area (Å²) in [6, 6.07) is 11.9. The van der Waals surface area contributed by atoms with Crippen LogP contribution in [0, 0.1) is 6.92 Å². The van der Waals surface area contributed by atoms with Crippen molar-refractivity contribution in [3.05, 3.63) is 53.6 Å². The number of hydrogen-bond acceptors (Lipinski definition) is 5. The first-order chi connectivity index (χ1) is 14.3. The Kier molecular flexibility index (Phi) is 6.99. The van der Waals surface area contributed by atoms with E-state index in [1.165, 1.54) is 0 Å². The van der Waals surface area contributed by atoms with Crippen LogP contribution in [0.5, 0.6) is 0 Å². The number of carbonyl (C=O) groups is 1. The van der Waals surface area contributed by atoms with E-state index in [0.717, 1.165) is 43.9 Å². The Hall–Kier alpha value is -2.58. The Morgan fingerprint density at radius 3 is 2.43 bits per heavy atom. The molecule has 1 fully saturated rings. The topological polar surface area (TPSA) is 90.5 Å². The van der Waals surface area contributed by atoms with E-state index in [0.29, 0.717) is 11.3 Å². The number of aryl methyl sites for hydroxylation is 1. The lowest BCUT2D eigenvalue weighted by molar-refractivity contribution is 0.0939. The third kappa shape index (κ3) is 5.31. The van der Waals surface area contributed by atoms with Crippen LogP contribution in [0.2, 0.25) is 0 Å². The number of carbonyl (C=O) groups excluding carboxylic acids is 1. The predicted octanol–water partition coefficient (Wildman–Crippen LogP) is 2.73. The molecular formula is C22H30N4O3S. The number of nitrogens with zero attached hydrogens (tertiary/aromatic N) is 1. The molecule has 0 spiro atoms. The minimum Gasteiger partial charge on any atom is -0.367 e. The van der Waals surface area contributed by atoms with Crippen LogP contribution in [0.1, 0.15) is 36.2 Å². The Bertz CT molecular complexity index is 984. The van der Waals surface area contributed by atoms with Crippen LogP contribution in [-0.4, -0.2) is 46.5 Å². The predicted molar refractivity (Wildman–Crippen MR) is 121 cm³/mol. The fraction of sp³-hybridized carbons (Fsp3) is 0.409. The molecule has 1 atom stereocenters. The maximum Gasteiger partial charge on any atom is 0.261 e. The van der Waals surface area contributed by atoms with Crippen LogP contribution in [0.25, 0.3) is 0 Å². The zero-order valence-corrected chi connectivity index (χ0v) is 18.6. The van der Waals surface area contributed by atoms with Crippen LogP contribution >= 0.6 is 0 Å². The summed E-state index contributed by atoms with van der Waals surface area (Å²) < 4.78 is 28.7. The molecule has 1 amide bonds. The quantitative estimate of drug-likeness (QED) is 0.628. The lowest BCUT2D eigenvalue weighted by Crippen LogP contribution is -2.43. The van der Waals surface area contributed by atoms with Gasteiger partial charge in [-0.3, -0.25) is 9.52 Å². The Labute approximate surface area is 178 Å². The van der Waals surface area contributed by atoms with Crippen molar-refractivity contribution < 1.29 is 13.2 Å². The molecule has 0 unspecified atom stereocenters. The second-order valence-electron chi connectivity index (χ2n) is 7.67. The molecule has 0 aromatic heterocycles. The van der Waals surface area contributed by atoms with E-state index in [1.54, 1.807) is 36.4 Å². The number of sulfonamides is 1. The van der Waals surface area contributed by atoms with Crippen LogP contribution in [0.4, 0.5) is 11.4 Å². The second kappa shape index (κ2) is 9.49. The summed E-state index contributed by atoms with van der Waals surface area (Å²) in [6.45, 7) is 9.01. The highest BCUT2D eigenvalue weighted by Gasteiger charge is 2.21. The summed E-state index contributed by atoms with van der Waals surface area (Å²) in [4.78, 5) is 14.9. The fourth-order valence-corrected chi connectivity index (χ4v) is 4.34. The maximum absolute atomic E-state index is 13.0. The standard InChI is InChI=1S/C22H30N4O3S/c1-4-17(3)24-22(27)18-7-10-21(26-13-11-23-12-14-26)20(15-18)25-30(28,29)19-8-5-16(2)6-9-19/h5-10,15,17,23,25H,4,11-14H2,1-3H3,(H,24,27)/t17-/m0/s1. The third-order valence-electron chi connectivity index (χ3n) is 5.28. The summed E-state index contributed by atoms with van der Waals surface area (Å²) in [7, 11) is -3.79. The van der Waals surface area contributed by atoms with Crippen molar-refractivity contribution in [3.63, 3.8) is 0 Å². The molecule has 0 aliphatic carbocycles. The summed E-state index contributed by atoms with van der Waals surface area (Å²) in [6.07, 6.45) is 0.817. The zero-order chi connectivity index (χ0) is 21.7. The van der Waals surface area contributed by atoms with E-state index in [2.05, 4.69) is 20.3 Å². The van der Waals surface area contributed by atoms with Crippen molar-refractivity contribution in [2.75, 3.05) is 35.8 Å². The average molecular weight is 431 g/mol. The van der Waals surface area contributed by atoms with Gasteiger partial charge >= 0.3 is 0 Å². The highest BCUT2D eigenvalue weighted by atomic mass is 32.2. The molecule has 30 heavy (non-hydrogen) atoms. The molecule has 3 N–H and O–H groups in total. The first-order valence-electron chi connectivity index (χ1n) is 10.3. The van der Waals surface area contributed by atoms with Gasteiger partial charge in [0.2, 0.25) is 0 Å². The molecule has 1 saturated heterocycles. The minimum atomic E-state index is -3.79. The number of hydrogen-bond donors (Lipinski definition) is 3. The van der Waals surface area contributed by atoms with Gasteiger partial charge in [0, 0.05) is 37.8 Å². The smallest absolute Gasteiger partial charge is 0.261 e. The molecule has 0 bridgehead atoms. The van der Waals surface area contributed by atoms with Gasteiger partial charge in [0.05, 0.1) is 16.3 Å². The molecule has 0 radical (unpaired) electrons. The number of anilines is 2. The van der Waals surface area contributed by atoms with Gasteiger partial charge in [0.1, 0.15) is 0 Å². The zero-order valence-electron chi connectivity index (χ0n) is 17.7. The minimum absolute atomic E-state index is 0.0399. The third-order valence-corrected chi connectivity index (χ3v) is 6.66. The van der Waals surface area contributed by atoms with Gasteiger partial charge in [-0.1, -0.05) is 24.6 Å². The SMILES string of the molecule is CC[C@H](C)NC(=O)c1ccc(N2CCNCC2)c(NS(=O)(=O)c2ccc(C)cc2)c1. The van der Waals surface area contributed by atoms with Gasteiger partial charge in [-0.25, -0.2) is 8.42 Å². The Morgan fingerprint density at radius 1 is 1.13 bits per heavy atom. The monoisotopic (exact) mass is 430 g/mol. The summed E-state index contributed by atoms with van der Waals surface area (Å²) in [5, 5.41) is 6.23. The van der Waals surface area contributed by atoms with E-state index in [9.17, 15) is 13.2 Å². The number of amides is 1. The molecular weight excluding hydrogens is 400 g/mol. The molecule has 2 aromatic rings.